The molecule has 0 fully saturated rings. The zero-order valence-electron chi connectivity index (χ0n) is 8.91. The molecule has 15 heavy (non-hydrogen) atoms. The summed E-state index contributed by atoms with van der Waals surface area (Å²) in [7, 11) is 0. The van der Waals surface area contributed by atoms with E-state index in [1.807, 2.05) is 0 Å². The Morgan fingerprint density at radius 2 is 1.93 bits per heavy atom. The summed E-state index contributed by atoms with van der Waals surface area (Å²) < 4.78 is 0. The normalized spacial score (nSPS) is 20.8. The van der Waals surface area contributed by atoms with E-state index in [1.54, 1.807) is 0 Å². The summed E-state index contributed by atoms with van der Waals surface area (Å²) in [4.78, 5) is 0.516. The average molecular weight is 263 g/mol. The molecule has 1 atom stereocenters. The van der Waals surface area contributed by atoms with Crippen LogP contribution in [0.1, 0.15) is 25.3 Å². The highest BCUT2D eigenvalue weighted by Gasteiger charge is 2.15. The summed E-state index contributed by atoms with van der Waals surface area (Å²) in [6, 6.07) is 10.6. The molecule has 0 N–H and O–H groups in total. The van der Waals surface area contributed by atoms with Crippen LogP contribution in [0.2, 0.25) is 0 Å². The van der Waals surface area contributed by atoms with Gasteiger partial charge in [0.1, 0.15) is 0 Å². The van der Waals surface area contributed by atoms with Crippen molar-refractivity contribution in [2.45, 2.75) is 24.6 Å². The van der Waals surface area contributed by atoms with E-state index >= 15 is 0 Å². The lowest BCUT2D eigenvalue weighted by Crippen LogP contribution is -2.06. The number of rotatable bonds is 2. The van der Waals surface area contributed by atoms with Gasteiger partial charge in [0.2, 0.25) is 0 Å². The molecule has 0 radical (unpaired) electrons. The molecule has 1 aliphatic rings. The van der Waals surface area contributed by atoms with Crippen LogP contribution in [0.15, 0.2) is 48.1 Å². The molecule has 78 valence electrons. The second-order valence-corrected chi connectivity index (χ2v) is 4.93. The summed E-state index contributed by atoms with van der Waals surface area (Å²) in [5.74, 6) is 0. The van der Waals surface area contributed by atoms with E-state index < -0.39 is 0 Å². The Balaban J connectivity index is 2.27. The van der Waals surface area contributed by atoms with Gasteiger partial charge in [-0.3, -0.25) is 0 Å². The molecule has 0 nitrogen and oxygen atoms in total. The Morgan fingerprint density at radius 3 is 2.53 bits per heavy atom. The van der Waals surface area contributed by atoms with Gasteiger partial charge in [-0.2, -0.15) is 0 Å². The fraction of sp³-hybridized carbons (Fsp3) is 0.286. The summed E-state index contributed by atoms with van der Waals surface area (Å²) in [5.41, 5.74) is 4.26. The molecule has 0 amide bonds. The van der Waals surface area contributed by atoms with Gasteiger partial charge in [0.25, 0.3) is 0 Å². The number of alkyl halides is 1. The molecule has 0 aliphatic heterocycles. The predicted molar refractivity (Wildman–Crippen MR) is 70.1 cm³/mol. The maximum Gasteiger partial charge on any atom is 0.0398 e. The van der Waals surface area contributed by atoms with Crippen molar-refractivity contribution in [2.24, 2.45) is 0 Å². The predicted octanol–water partition coefficient (Wildman–Crippen LogP) is 4.57. The lowest BCUT2D eigenvalue weighted by atomic mass is 9.92. The molecule has 1 unspecified atom stereocenters. The molecule has 0 heterocycles. The second-order valence-electron chi connectivity index (χ2n) is 3.82. The molecular formula is C14H15Br. The molecule has 1 aromatic rings. The van der Waals surface area contributed by atoms with Crippen molar-refractivity contribution in [3.8, 4) is 0 Å². The van der Waals surface area contributed by atoms with Gasteiger partial charge in [0.15, 0.2) is 0 Å². The maximum atomic E-state index is 3.74. The van der Waals surface area contributed by atoms with Crippen molar-refractivity contribution in [1.29, 1.82) is 0 Å². The van der Waals surface area contributed by atoms with E-state index in [0.717, 1.165) is 12.8 Å². The van der Waals surface area contributed by atoms with Gasteiger partial charge in [-0.25, -0.2) is 0 Å². The molecular weight excluding hydrogens is 248 g/mol. The van der Waals surface area contributed by atoms with E-state index in [2.05, 4.69) is 65.3 Å². The van der Waals surface area contributed by atoms with Gasteiger partial charge >= 0.3 is 0 Å². The number of hydrogen-bond donors (Lipinski definition) is 0. The number of hydrogen-bond acceptors (Lipinski definition) is 0. The van der Waals surface area contributed by atoms with Crippen LogP contribution in [-0.4, -0.2) is 4.83 Å². The number of halogens is 1. The average Bonchev–Trinajstić information content (AvgIpc) is 2.30. The summed E-state index contributed by atoms with van der Waals surface area (Å²) in [6.07, 6.45) is 6.75. The lowest BCUT2D eigenvalue weighted by Gasteiger charge is -2.19. The molecule has 0 saturated heterocycles. The smallest absolute Gasteiger partial charge is 0.0398 e. The monoisotopic (exact) mass is 262 g/mol. The van der Waals surface area contributed by atoms with E-state index in [0.29, 0.717) is 4.83 Å². The molecule has 1 aliphatic carbocycles. The summed E-state index contributed by atoms with van der Waals surface area (Å²) in [6.45, 7) is 2.21. The largest absolute Gasteiger partial charge is 0.0839 e. The highest BCUT2D eigenvalue weighted by Crippen LogP contribution is 2.32. The second kappa shape index (κ2) is 4.80. The van der Waals surface area contributed by atoms with Crippen molar-refractivity contribution in [3.05, 3.63) is 53.6 Å². The Kier molecular flexibility index (Phi) is 3.42. The van der Waals surface area contributed by atoms with Crippen molar-refractivity contribution >= 4 is 21.5 Å². The molecule has 0 saturated carbocycles. The topological polar surface area (TPSA) is 0 Å². The Bertz CT molecular complexity index is 387. The standard InChI is InChI=1S/C14H15Br/c1-2-11-8-9-13(10-14(11)15)12-6-4-3-5-7-12/h3-9,14H,2,10H2,1H3. The zero-order chi connectivity index (χ0) is 10.7. The molecule has 1 aromatic carbocycles. The van der Waals surface area contributed by atoms with Gasteiger partial charge in [-0.1, -0.05) is 70.9 Å². The third-order valence-electron chi connectivity index (χ3n) is 2.85. The van der Waals surface area contributed by atoms with Gasteiger partial charge in [-0.05, 0) is 24.0 Å². The first-order chi connectivity index (χ1) is 7.31. The molecule has 2 rings (SSSR count). The van der Waals surface area contributed by atoms with E-state index in [-0.39, 0.29) is 0 Å². The highest BCUT2D eigenvalue weighted by atomic mass is 79.9. The molecule has 0 aromatic heterocycles. The van der Waals surface area contributed by atoms with E-state index in [4.69, 9.17) is 0 Å². The van der Waals surface area contributed by atoms with Crippen LogP contribution in [0, 0.1) is 0 Å². The Labute approximate surface area is 99.8 Å². The SMILES string of the molecule is CCC1=CC=C(c2ccccc2)CC1Br. The van der Waals surface area contributed by atoms with Gasteiger partial charge in [-0.15, -0.1) is 0 Å². The first kappa shape index (κ1) is 10.7. The maximum absolute atomic E-state index is 3.74. The molecule has 0 spiro atoms. The van der Waals surface area contributed by atoms with Crippen LogP contribution in [0.4, 0.5) is 0 Å². The van der Waals surface area contributed by atoms with Crippen molar-refractivity contribution in [1.82, 2.24) is 0 Å². The van der Waals surface area contributed by atoms with Crippen molar-refractivity contribution in [2.75, 3.05) is 0 Å². The fourth-order valence-electron chi connectivity index (χ4n) is 1.91. The molecule has 0 bridgehead atoms. The van der Waals surface area contributed by atoms with Gasteiger partial charge < -0.3 is 0 Å². The minimum absolute atomic E-state index is 0.516. The first-order valence-corrected chi connectivity index (χ1v) is 6.32. The minimum Gasteiger partial charge on any atom is -0.0839 e. The van der Waals surface area contributed by atoms with Crippen LogP contribution < -0.4 is 0 Å². The van der Waals surface area contributed by atoms with Crippen molar-refractivity contribution in [3.63, 3.8) is 0 Å². The number of benzene rings is 1. The minimum atomic E-state index is 0.516. The Morgan fingerprint density at radius 1 is 1.20 bits per heavy atom. The van der Waals surface area contributed by atoms with Crippen LogP contribution in [0.3, 0.4) is 0 Å². The van der Waals surface area contributed by atoms with Crippen LogP contribution in [0.5, 0.6) is 0 Å². The van der Waals surface area contributed by atoms with Crippen LogP contribution in [0.25, 0.3) is 5.57 Å². The van der Waals surface area contributed by atoms with Gasteiger partial charge in [0, 0.05) is 4.83 Å². The number of allylic oxidation sites excluding steroid dienone is 4. The van der Waals surface area contributed by atoms with Crippen LogP contribution in [-0.2, 0) is 0 Å². The highest BCUT2D eigenvalue weighted by molar-refractivity contribution is 9.09. The van der Waals surface area contributed by atoms with E-state index in [1.165, 1.54) is 16.7 Å². The third kappa shape index (κ3) is 2.40. The van der Waals surface area contributed by atoms with Gasteiger partial charge in [0.05, 0.1) is 0 Å². The zero-order valence-corrected chi connectivity index (χ0v) is 10.5. The summed E-state index contributed by atoms with van der Waals surface area (Å²) >= 11 is 3.74. The summed E-state index contributed by atoms with van der Waals surface area (Å²) in [5, 5.41) is 0. The first-order valence-electron chi connectivity index (χ1n) is 5.40. The lowest BCUT2D eigenvalue weighted by molar-refractivity contribution is 0.935. The Hall–Kier alpha value is -0.820. The van der Waals surface area contributed by atoms with Crippen molar-refractivity contribution < 1.29 is 0 Å². The van der Waals surface area contributed by atoms with Crippen LogP contribution >= 0.6 is 15.9 Å². The molecule has 1 heteroatoms. The third-order valence-corrected chi connectivity index (χ3v) is 3.76. The van der Waals surface area contributed by atoms with E-state index in [9.17, 15) is 0 Å². The fourth-order valence-corrected chi connectivity index (χ4v) is 2.74. The quantitative estimate of drug-likeness (QED) is 0.685.